The molecule has 2 unspecified atom stereocenters. The molecule has 0 bridgehead atoms. The maximum Gasteiger partial charge on any atom is 0.310 e. The van der Waals surface area contributed by atoms with Gasteiger partial charge >= 0.3 is 5.97 Å². The first kappa shape index (κ1) is 12.1. The van der Waals surface area contributed by atoms with Crippen LogP contribution in [0.25, 0.3) is 0 Å². The zero-order valence-corrected chi connectivity index (χ0v) is 10.5. The molecule has 6 heteroatoms. The molecule has 1 aliphatic rings. The number of rotatable bonds is 2. The fraction of sp³-hybridized carbons (Fsp3) is 0.545. The van der Waals surface area contributed by atoms with Crippen LogP contribution in [0.2, 0.25) is 5.02 Å². The van der Waals surface area contributed by atoms with E-state index in [1.165, 1.54) is 13.4 Å². The van der Waals surface area contributed by atoms with Gasteiger partial charge in [0, 0.05) is 13.1 Å². The van der Waals surface area contributed by atoms with Crippen LogP contribution in [0.5, 0.6) is 0 Å². The Balaban J connectivity index is 2.17. The van der Waals surface area contributed by atoms with E-state index in [2.05, 4.69) is 9.97 Å². The molecule has 1 fully saturated rings. The minimum Gasteiger partial charge on any atom is -0.469 e. The summed E-state index contributed by atoms with van der Waals surface area (Å²) in [4.78, 5) is 21.6. The van der Waals surface area contributed by atoms with E-state index in [0.29, 0.717) is 17.4 Å². The van der Waals surface area contributed by atoms with E-state index >= 15 is 0 Å². The molecule has 17 heavy (non-hydrogen) atoms. The SMILES string of the molecule is COC(=O)C1CN(c2ncncc2Cl)CC1C. The van der Waals surface area contributed by atoms with Crippen LogP contribution < -0.4 is 4.90 Å². The third-order valence-corrected chi connectivity index (χ3v) is 3.33. The topological polar surface area (TPSA) is 55.3 Å². The molecule has 0 aliphatic carbocycles. The molecule has 92 valence electrons. The predicted octanol–water partition coefficient (Wildman–Crippen LogP) is 1.38. The number of methoxy groups -OCH3 is 1. The number of ether oxygens (including phenoxy) is 1. The summed E-state index contributed by atoms with van der Waals surface area (Å²) in [6.07, 6.45) is 3.01. The number of carbonyl (C=O) groups is 1. The predicted molar refractivity (Wildman–Crippen MR) is 63.9 cm³/mol. The molecule has 2 atom stereocenters. The van der Waals surface area contributed by atoms with Gasteiger partial charge < -0.3 is 9.64 Å². The van der Waals surface area contributed by atoms with Crippen LogP contribution >= 0.6 is 11.6 Å². The van der Waals surface area contributed by atoms with Crippen molar-refractivity contribution in [2.45, 2.75) is 6.92 Å². The Hall–Kier alpha value is -1.36. The van der Waals surface area contributed by atoms with Crippen molar-refractivity contribution in [1.82, 2.24) is 9.97 Å². The molecule has 1 saturated heterocycles. The number of anilines is 1. The van der Waals surface area contributed by atoms with Gasteiger partial charge in [-0.25, -0.2) is 9.97 Å². The summed E-state index contributed by atoms with van der Waals surface area (Å²) in [7, 11) is 1.41. The minimum absolute atomic E-state index is 0.119. The van der Waals surface area contributed by atoms with E-state index in [1.54, 1.807) is 6.20 Å². The summed E-state index contributed by atoms with van der Waals surface area (Å²) in [5.41, 5.74) is 0. The van der Waals surface area contributed by atoms with Gasteiger partial charge in [0.2, 0.25) is 0 Å². The van der Waals surface area contributed by atoms with Crippen LogP contribution in [0.15, 0.2) is 12.5 Å². The van der Waals surface area contributed by atoms with Crippen LogP contribution in [-0.2, 0) is 9.53 Å². The van der Waals surface area contributed by atoms with Crippen molar-refractivity contribution in [1.29, 1.82) is 0 Å². The summed E-state index contributed by atoms with van der Waals surface area (Å²) in [5.74, 6) is 0.615. The van der Waals surface area contributed by atoms with Crippen molar-refractivity contribution in [2.75, 3.05) is 25.1 Å². The molecule has 1 aromatic heterocycles. The molecule has 1 aromatic rings. The molecule has 0 spiro atoms. The summed E-state index contributed by atoms with van der Waals surface area (Å²) in [6, 6.07) is 0. The van der Waals surface area contributed by atoms with Gasteiger partial charge in [0.05, 0.1) is 19.2 Å². The Labute approximate surface area is 105 Å². The Morgan fingerprint density at radius 1 is 1.59 bits per heavy atom. The second-order valence-electron chi connectivity index (χ2n) is 4.21. The molecule has 0 N–H and O–H groups in total. The summed E-state index contributed by atoms with van der Waals surface area (Å²) >= 11 is 6.03. The number of nitrogens with zero attached hydrogens (tertiary/aromatic N) is 3. The largest absolute Gasteiger partial charge is 0.469 e. The molecular formula is C11H14ClN3O2. The van der Waals surface area contributed by atoms with Crippen molar-refractivity contribution in [3.63, 3.8) is 0 Å². The Bertz CT molecular complexity index is 427. The van der Waals surface area contributed by atoms with Crippen LogP contribution in [0.1, 0.15) is 6.92 Å². The maximum atomic E-state index is 11.6. The molecule has 2 heterocycles. The van der Waals surface area contributed by atoms with Gasteiger partial charge in [0.15, 0.2) is 5.82 Å². The fourth-order valence-electron chi connectivity index (χ4n) is 2.14. The molecule has 5 nitrogen and oxygen atoms in total. The zero-order valence-electron chi connectivity index (χ0n) is 9.76. The highest BCUT2D eigenvalue weighted by atomic mass is 35.5. The van der Waals surface area contributed by atoms with E-state index in [-0.39, 0.29) is 17.8 Å². The Morgan fingerprint density at radius 3 is 3.00 bits per heavy atom. The van der Waals surface area contributed by atoms with E-state index in [9.17, 15) is 4.79 Å². The Kier molecular flexibility index (Phi) is 3.47. The van der Waals surface area contributed by atoms with Gasteiger partial charge in [-0.1, -0.05) is 18.5 Å². The first-order chi connectivity index (χ1) is 8.13. The molecule has 1 aliphatic heterocycles. The lowest BCUT2D eigenvalue weighted by molar-refractivity contribution is -0.145. The van der Waals surface area contributed by atoms with E-state index in [1.807, 2.05) is 11.8 Å². The summed E-state index contributed by atoms with van der Waals surface area (Å²) in [6.45, 7) is 3.36. The van der Waals surface area contributed by atoms with Gasteiger partial charge in [-0.15, -0.1) is 0 Å². The smallest absolute Gasteiger partial charge is 0.310 e. The zero-order chi connectivity index (χ0) is 12.4. The molecule has 0 amide bonds. The number of halogens is 1. The lowest BCUT2D eigenvalue weighted by atomic mass is 9.99. The number of carbonyl (C=O) groups excluding carboxylic acids is 1. The molecule has 0 radical (unpaired) electrons. The first-order valence-corrected chi connectivity index (χ1v) is 5.79. The minimum atomic E-state index is -0.176. The third kappa shape index (κ3) is 2.34. The second-order valence-corrected chi connectivity index (χ2v) is 4.61. The van der Waals surface area contributed by atoms with Crippen LogP contribution in [0.4, 0.5) is 5.82 Å². The van der Waals surface area contributed by atoms with Gasteiger partial charge in [0.25, 0.3) is 0 Å². The van der Waals surface area contributed by atoms with Crippen LogP contribution in [0.3, 0.4) is 0 Å². The number of hydrogen-bond acceptors (Lipinski definition) is 5. The van der Waals surface area contributed by atoms with Crippen molar-refractivity contribution in [2.24, 2.45) is 11.8 Å². The quantitative estimate of drug-likeness (QED) is 0.748. The first-order valence-electron chi connectivity index (χ1n) is 5.41. The molecule has 0 saturated carbocycles. The summed E-state index contributed by atoms with van der Waals surface area (Å²) < 4.78 is 4.79. The number of aromatic nitrogens is 2. The van der Waals surface area contributed by atoms with E-state index in [0.717, 1.165) is 6.54 Å². The van der Waals surface area contributed by atoms with Gasteiger partial charge in [0.1, 0.15) is 11.3 Å². The normalized spacial score (nSPS) is 23.8. The van der Waals surface area contributed by atoms with Crippen LogP contribution in [0, 0.1) is 11.8 Å². The number of esters is 1. The highest BCUT2D eigenvalue weighted by Gasteiger charge is 2.36. The highest BCUT2D eigenvalue weighted by Crippen LogP contribution is 2.31. The van der Waals surface area contributed by atoms with Crippen molar-refractivity contribution in [3.05, 3.63) is 17.5 Å². The van der Waals surface area contributed by atoms with Gasteiger partial charge in [-0.3, -0.25) is 4.79 Å². The Morgan fingerprint density at radius 2 is 2.35 bits per heavy atom. The second kappa shape index (κ2) is 4.87. The van der Waals surface area contributed by atoms with E-state index in [4.69, 9.17) is 16.3 Å². The van der Waals surface area contributed by atoms with E-state index < -0.39 is 0 Å². The van der Waals surface area contributed by atoms with Gasteiger partial charge in [-0.05, 0) is 5.92 Å². The average Bonchev–Trinajstić information content (AvgIpc) is 2.71. The molecular weight excluding hydrogens is 242 g/mol. The van der Waals surface area contributed by atoms with Crippen molar-refractivity contribution >= 4 is 23.4 Å². The number of hydrogen-bond donors (Lipinski definition) is 0. The van der Waals surface area contributed by atoms with Crippen LogP contribution in [-0.4, -0.2) is 36.1 Å². The highest BCUT2D eigenvalue weighted by molar-refractivity contribution is 6.32. The monoisotopic (exact) mass is 255 g/mol. The lowest BCUT2D eigenvalue weighted by Gasteiger charge is -2.17. The maximum absolute atomic E-state index is 11.6. The lowest BCUT2D eigenvalue weighted by Crippen LogP contribution is -2.25. The van der Waals surface area contributed by atoms with Crippen molar-refractivity contribution in [3.8, 4) is 0 Å². The van der Waals surface area contributed by atoms with Gasteiger partial charge in [-0.2, -0.15) is 0 Å². The van der Waals surface area contributed by atoms with Crippen molar-refractivity contribution < 1.29 is 9.53 Å². The fourth-order valence-corrected chi connectivity index (χ4v) is 2.36. The summed E-state index contributed by atoms with van der Waals surface area (Å²) in [5, 5.41) is 0.505. The third-order valence-electron chi connectivity index (χ3n) is 3.06. The standard InChI is InChI=1S/C11H14ClN3O2/c1-7-4-15(5-8(7)11(16)17-2)10-9(12)3-13-6-14-10/h3,6-8H,4-5H2,1-2H3. The average molecular weight is 256 g/mol. The molecule has 2 rings (SSSR count). The molecule has 0 aromatic carbocycles.